The molecule has 1 aliphatic rings. The maximum absolute atomic E-state index is 6.33. The molecule has 0 spiro atoms. The van der Waals surface area contributed by atoms with Gasteiger partial charge in [0.15, 0.2) is 0 Å². The molecular weight excluding hydrogens is 306 g/mol. The molecule has 0 radical (unpaired) electrons. The summed E-state index contributed by atoms with van der Waals surface area (Å²) in [7, 11) is 0. The van der Waals surface area contributed by atoms with Crippen molar-refractivity contribution in [1.82, 2.24) is 4.90 Å². The Balaban J connectivity index is 1.47. The van der Waals surface area contributed by atoms with Gasteiger partial charge in [0.1, 0.15) is 0 Å². The molecule has 3 nitrogen and oxygen atoms in total. The normalized spacial score (nSPS) is 17.2. The highest BCUT2D eigenvalue weighted by Crippen LogP contribution is 2.20. The smallest absolute Gasteiger partial charge is 0.0426 e. The minimum absolute atomic E-state index is 0.190. The van der Waals surface area contributed by atoms with E-state index in [2.05, 4.69) is 40.1 Å². The first kappa shape index (κ1) is 16.3. The molecule has 2 aromatic rings. The van der Waals surface area contributed by atoms with Crippen molar-refractivity contribution in [2.75, 3.05) is 37.6 Å². The number of halogens is 1. The molecular formula is C19H24ClN3. The van der Waals surface area contributed by atoms with Crippen molar-refractivity contribution < 1.29 is 0 Å². The number of anilines is 1. The van der Waals surface area contributed by atoms with Crippen LogP contribution in [0.4, 0.5) is 5.69 Å². The van der Waals surface area contributed by atoms with Crippen LogP contribution >= 0.6 is 11.6 Å². The highest BCUT2D eigenvalue weighted by molar-refractivity contribution is 6.30. The Morgan fingerprint density at radius 2 is 1.70 bits per heavy atom. The van der Waals surface area contributed by atoms with Gasteiger partial charge in [-0.05, 0) is 30.2 Å². The van der Waals surface area contributed by atoms with Gasteiger partial charge in [-0.3, -0.25) is 4.90 Å². The number of rotatable bonds is 5. The Kier molecular flexibility index (Phi) is 5.55. The first-order chi connectivity index (χ1) is 11.2. The zero-order valence-corrected chi connectivity index (χ0v) is 14.1. The van der Waals surface area contributed by atoms with Gasteiger partial charge in [0, 0.05) is 49.5 Å². The van der Waals surface area contributed by atoms with Gasteiger partial charge >= 0.3 is 0 Å². The van der Waals surface area contributed by atoms with E-state index in [1.165, 1.54) is 11.3 Å². The number of nitrogens with zero attached hydrogens (tertiary/aromatic N) is 2. The lowest BCUT2D eigenvalue weighted by molar-refractivity contribution is 0.242. The van der Waals surface area contributed by atoms with Crippen molar-refractivity contribution in [3.05, 3.63) is 65.2 Å². The minimum Gasteiger partial charge on any atom is -0.369 e. The lowest BCUT2D eigenvalue weighted by Gasteiger charge is -2.37. The maximum atomic E-state index is 6.33. The number of benzene rings is 2. The number of nitrogens with two attached hydrogens (primary N) is 1. The molecule has 0 amide bonds. The highest BCUT2D eigenvalue weighted by atomic mass is 35.5. The molecule has 1 atom stereocenters. The van der Waals surface area contributed by atoms with E-state index >= 15 is 0 Å². The zero-order valence-electron chi connectivity index (χ0n) is 13.4. The summed E-state index contributed by atoms with van der Waals surface area (Å²) in [6, 6.07) is 18.8. The van der Waals surface area contributed by atoms with Gasteiger partial charge < -0.3 is 10.6 Å². The summed E-state index contributed by atoms with van der Waals surface area (Å²) < 4.78 is 0. The van der Waals surface area contributed by atoms with Crippen molar-refractivity contribution in [1.29, 1.82) is 0 Å². The van der Waals surface area contributed by atoms with Crippen LogP contribution < -0.4 is 10.6 Å². The third-order valence-electron chi connectivity index (χ3n) is 4.38. The molecule has 23 heavy (non-hydrogen) atoms. The van der Waals surface area contributed by atoms with Crippen LogP contribution in [0.1, 0.15) is 5.56 Å². The fourth-order valence-corrected chi connectivity index (χ4v) is 3.36. The average Bonchev–Trinajstić information content (AvgIpc) is 2.56. The molecule has 3 rings (SSSR count). The molecule has 0 bridgehead atoms. The summed E-state index contributed by atoms with van der Waals surface area (Å²) in [4.78, 5) is 4.86. The molecule has 2 N–H and O–H groups in total. The van der Waals surface area contributed by atoms with Crippen LogP contribution in [0.5, 0.6) is 0 Å². The van der Waals surface area contributed by atoms with Crippen molar-refractivity contribution in [3.8, 4) is 0 Å². The zero-order chi connectivity index (χ0) is 16.1. The number of hydrogen-bond acceptors (Lipinski definition) is 3. The standard InChI is InChI=1S/C19H24ClN3/c20-17-7-4-8-19(14-17)23-11-9-22(10-12-23)15-18(21)13-16-5-2-1-3-6-16/h1-8,14,18H,9-13,15,21H2/t18-/m0/s1. The molecule has 0 aromatic heterocycles. The van der Waals surface area contributed by atoms with Crippen LogP contribution in [0.2, 0.25) is 5.02 Å². The SMILES string of the molecule is N[C@@H](Cc1ccccc1)CN1CCN(c2cccc(Cl)c2)CC1. The fourth-order valence-electron chi connectivity index (χ4n) is 3.17. The Bertz CT molecular complexity index is 609. The van der Waals surface area contributed by atoms with Crippen LogP contribution in [0.25, 0.3) is 0 Å². The van der Waals surface area contributed by atoms with E-state index in [1.54, 1.807) is 0 Å². The van der Waals surface area contributed by atoms with Crippen molar-refractivity contribution in [2.45, 2.75) is 12.5 Å². The summed E-state index contributed by atoms with van der Waals surface area (Å²) in [6.07, 6.45) is 0.940. The van der Waals surface area contributed by atoms with E-state index in [0.717, 1.165) is 44.2 Å². The summed E-state index contributed by atoms with van der Waals surface area (Å²) >= 11 is 6.08. The highest BCUT2D eigenvalue weighted by Gasteiger charge is 2.19. The molecule has 1 aliphatic heterocycles. The first-order valence-electron chi connectivity index (χ1n) is 8.23. The molecule has 4 heteroatoms. The fraction of sp³-hybridized carbons (Fsp3) is 0.368. The van der Waals surface area contributed by atoms with Crippen molar-refractivity contribution >= 4 is 17.3 Å². The predicted octanol–water partition coefficient (Wildman–Crippen LogP) is 3.03. The third-order valence-corrected chi connectivity index (χ3v) is 4.61. The third kappa shape index (κ3) is 4.71. The van der Waals surface area contributed by atoms with Crippen molar-refractivity contribution in [3.63, 3.8) is 0 Å². The summed E-state index contributed by atoms with van der Waals surface area (Å²) in [5.74, 6) is 0. The van der Waals surface area contributed by atoms with Crippen LogP contribution in [-0.4, -0.2) is 43.7 Å². The van der Waals surface area contributed by atoms with E-state index in [4.69, 9.17) is 17.3 Å². The average molecular weight is 330 g/mol. The second-order valence-corrected chi connectivity index (χ2v) is 6.65. The van der Waals surface area contributed by atoms with E-state index in [9.17, 15) is 0 Å². The van der Waals surface area contributed by atoms with Gasteiger partial charge in [-0.25, -0.2) is 0 Å². The lowest BCUT2D eigenvalue weighted by Crippen LogP contribution is -2.50. The van der Waals surface area contributed by atoms with Gasteiger partial charge in [-0.2, -0.15) is 0 Å². The van der Waals surface area contributed by atoms with Gasteiger partial charge in [0.25, 0.3) is 0 Å². The molecule has 1 heterocycles. The Morgan fingerprint density at radius 3 is 2.39 bits per heavy atom. The molecule has 0 unspecified atom stereocenters. The van der Waals surface area contributed by atoms with Crippen LogP contribution in [0.15, 0.2) is 54.6 Å². The largest absolute Gasteiger partial charge is 0.369 e. The van der Waals surface area contributed by atoms with Crippen molar-refractivity contribution in [2.24, 2.45) is 5.73 Å². The molecule has 122 valence electrons. The van der Waals surface area contributed by atoms with Gasteiger partial charge in [-0.15, -0.1) is 0 Å². The molecule has 0 saturated carbocycles. The van der Waals surface area contributed by atoms with Crippen LogP contribution in [0.3, 0.4) is 0 Å². The van der Waals surface area contributed by atoms with E-state index in [1.807, 2.05) is 24.3 Å². The first-order valence-corrected chi connectivity index (χ1v) is 8.61. The Labute approximate surface area is 143 Å². The number of hydrogen-bond donors (Lipinski definition) is 1. The predicted molar refractivity (Wildman–Crippen MR) is 98.2 cm³/mol. The quantitative estimate of drug-likeness (QED) is 0.915. The van der Waals surface area contributed by atoms with E-state index in [0.29, 0.717) is 0 Å². The monoisotopic (exact) mass is 329 g/mol. The van der Waals surface area contributed by atoms with E-state index < -0.39 is 0 Å². The summed E-state index contributed by atoms with van der Waals surface area (Å²) in [5.41, 5.74) is 8.86. The van der Waals surface area contributed by atoms with Crippen LogP contribution in [-0.2, 0) is 6.42 Å². The van der Waals surface area contributed by atoms with Crippen LogP contribution in [0, 0.1) is 0 Å². The number of piperazine rings is 1. The van der Waals surface area contributed by atoms with Gasteiger partial charge in [-0.1, -0.05) is 48.0 Å². The maximum Gasteiger partial charge on any atom is 0.0426 e. The topological polar surface area (TPSA) is 32.5 Å². The lowest BCUT2D eigenvalue weighted by atomic mass is 10.1. The van der Waals surface area contributed by atoms with Gasteiger partial charge in [0.05, 0.1) is 0 Å². The van der Waals surface area contributed by atoms with Gasteiger partial charge in [0.2, 0.25) is 0 Å². The van der Waals surface area contributed by atoms with E-state index in [-0.39, 0.29) is 6.04 Å². The summed E-state index contributed by atoms with van der Waals surface area (Å²) in [6.45, 7) is 5.11. The molecule has 1 saturated heterocycles. The Morgan fingerprint density at radius 1 is 0.957 bits per heavy atom. The molecule has 2 aromatic carbocycles. The molecule has 1 fully saturated rings. The molecule has 0 aliphatic carbocycles. The summed E-state index contributed by atoms with van der Waals surface area (Å²) in [5, 5.41) is 0.801. The minimum atomic E-state index is 0.190. The second kappa shape index (κ2) is 7.82. The Hall–Kier alpha value is -1.55. The second-order valence-electron chi connectivity index (χ2n) is 6.22.